The minimum Gasteiger partial charge on any atom is -0.393 e. The molecule has 3 heterocycles. The summed E-state index contributed by atoms with van der Waals surface area (Å²) in [6.45, 7) is 3.74. The SMILES string of the molecule is NC(=O)CN1CCN(c2c(F)cccc2N2C(C(N)=O)=CSC2N2CCC(O)CC2)CC1. The second kappa shape index (κ2) is 9.65. The largest absolute Gasteiger partial charge is 0.393 e. The zero-order valence-corrected chi connectivity index (χ0v) is 18.6. The van der Waals surface area contributed by atoms with Gasteiger partial charge in [-0.25, -0.2) is 4.39 Å². The Morgan fingerprint density at radius 1 is 1.09 bits per heavy atom. The van der Waals surface area contributed by atoms with Gasteiger partial charge in [0.25, 0.3) is 5.91 Å². The number of piperidine rings is 1. The van der Waals surface area contributed by atoms with Crippen LogP contribution in [0.5, 0.6) is 0 Å². The highest BCUT2D eigenvalue weighted by Crippen LogP contribution is 2.43. The van der Waals surface area contributed by atoms with Crippen LogP contribution in [0.3, 0.4) is 0 Å². The number of amides is 2. The van der Waals surface area contributed by atoms with Gasteiger partial charge in [0.1, 0.15) is 17.0 Å². The predicted octanol–water partition coefficient (Wildman–Crippen LogP) is 0.0532. The van der Waals surface area contributed by atoms with Crippen LogP contribution >= 0.6 is 11.8 Å². The average Bonchev–Trinajstić information content (AvgIpc) is 3.20. The maximum atomic E-state index is 15.2. The smallest absolute Gasteiger partial charge is 0.265 e. The molecule has 2 fully saturated rings. The number of thioether (sulfide) groups is 1. The summed E-state index contributed by atoms with van der Waals surface area (Å²) < 4.78 is 15.2. The molecule has 1 unspecified atom stereocenters. The van der Waals surface area contributed by atoms with Gasteiger partial charge in [0, 0.05) is 44.7 Å². The number of likely N-dealkylation sites (tertiary alicyclic amines) is 1. The zero-order chi connectivity index (χ0) is 22.8. The first-order valence-corrected chi connectivity index (χ1v) is 11.7. The van der Waals surface area contributed by atoms with Gasteiger partial charge in [0.05, 0.1) is 24.0 Å². The standard InChI is InChI=1S/C21H29FN6O3S/c22-15-2-1-3-16(19(15)26-10-8-25(9-11-26)12-18(23)30)28-17(20(24)31)13-32-21(28)27-6-4-14(29)5-7-27/h1-3,13-14,21,29H,4-12H2,(H2,23,30)(H2,24,31). The number of halogens is 1. The van der Waals surface area contributed by atoms with Crippen molar-refractivity contribution in [3.8, 4) is 0 Å². The second-order valence-electron chi connectivity index (χ2n) is 8.30. The number of anilines is 2. The van der Waals surface area contributed by atoms with Crippen molar-refractivity contribution in [2.45, 2.75) is 24.4 Å². The lowest BCUT2D eigenvalue weighted by molar-refractivity contribution is -0.119. The van der Waals surface area contributed by atoms with E-state index in [1.54, 1.807) is 11.5 Å². The zero-order valence-electron chi connectivity index (χ0n) is 17.8. The molecule has 174 valence electrons. The molecule has 32 heavy (non-hydrogen) atoms. The fourth-order valence-corrected chi connectivity index (χ4v) is 5.72. The summed E-state index contributed by atoms with van der Waals surface area (Å²) in [6.07, 6.45) is 0.972. The van der Waals surface area contributed by atoms with Crippen molar-refractivity contribution in [3.63, 3.8) is 0 Å². The van der Waals surface area contributed by atoms with E-state index in [0.29, 0.717) is 69.2 Å². The van der Waals surface area contributed by atoms with Crippen molar-refractivity contribution in [3.05, 3.63) is 35.1 Å². The Morgan fingerprint density at radius 3 is 2.41 bits per heavy atom. The summed E-state index contributed by atoms with van der Waals surface area (Å²) in [4.78, 5) is 31.4. The monoisotopic (exact) mass is 464 g/mol. The van der Waals surface area contributed by atoms with E-state index >= 15 is 4.39 Å². The van der Waals surface area contributed by atoms with Crippen LogP contribution in [0.15, 0.2) is 29.3 Å². The molecule has 3 aliphatic rings. The first kappa shape index (κ1) is 22.8. The van der Waals surface area contributed by atoms with Gasteiger partial charge < -0.3 is 26.4 Å². The van der Waals surface area contributed by atoms with Crippen molar-refractivity contribution in [1.82, 2.24) is 9.80 Å². The Kier molecular flexibility index (Phi) is 6.89. The minimum atomic E-state index is -0.571. The number of carbonyl (C=O) groups is 2. The molecular formula is C21H29FN6O3S. The van der Waals surface area contributed by atoms with E-state index in [-0.39, 0.29) is 29.9 Å². The van der Waals surface area contributed by atoms with Gasteiger partial charge in [0.2, 0.25) is 5.91 Å². The summed E-state index contributed by atoms with van der Waals surface area (Å²) in [6, 6.07) is 4.86. The van der Waals surface area contributed by atoms with E-state index < -0.39 is 5.91 Å². The quantitative estimate of drug-likeness (QED) is 0.541. The van der Waals surface area contributed by atoms with Crippen LogP contribution in [0, 0.1) is 5.82 Å². The Hall–Kier alpha value is -2.34. The number of primary amides is 2. The van der Waals surface area contributed by atoms with Crippen LogP contribution in [0.4, 0.5) is 15.8 Å². The number of piperazine rings is 1. The van der Waals surface area contributed by atoms with Crippen LogP contribution in [-0.4, -0.2) is 84.1 Å². The van der Waals surface area contributed by atoms with Crippen molar-refractivity contribution in [2.24, 2.45) is 11.5 Å². The van der Waals surface area contributed by atoms with E-state index in [4.69, 9.17) is 11.5 Å². The van der Waals surface area contributed by atoms with E-state index in [1.807, 2.05) is 20.8 Å². The third kappa shape index (κ3) is 4.70. The molecule has 2 amide bonds. The molecule has 0 bridgehead atoms. The molecule has 11 heteroatoms. The lowest BCUT2D eigenvalue weighted by atomic mass is 10.1. The molecule has 3 aliphatic heterocycles. The summed E-state index contributed by atoms with van der Waals surface area (Å²) in [7, 11) is 0. The third-order valence-corrected chi connectivity index (χ3v) is 7.25. The molecule has 4 rings (SSSR count). The molecule has 9 nitrogen and oxygen atoms in total. The van der Waals surface area contributed by atoms with Crippen molar-refractivity contribution in [2.75, 3.05) is 55.6 Å². The highest BCUT2D eigenvalue weighted by Gasteiger charge is 2.39. The average molecular weight is 465 g/mol. The number of aliphatic hydroxyl groups excluding tert-OH is 1. The normalized spacial score (nSPS) is 23.4. The first-order chi connectivity index (χ1) is 15.3. The van der Waals surface area contributed by atoms with Gasteiger partial charge in [0.15, 0.2) is 0 Å². The number of aliphatic hydroxyl groups is 1. The van der Waals surface area contributed by atoms with E-state index in [9.17, 15) is 14.7 Å². The van der Waals surface area contributed by atoms with E-state index in [0.717, 1.165) is 0 Å². The highest BCUT2D eigenvalue weighted by atomic mass is 32.2. The maximum Gasteiger partial charge on any atom is 0.265 e. The number of hydrogen-bond donors (Lipinski definition) is 3. The molecule has 1 aromatic rings. The Labute approximate surface area is 190 Å². The molecule has 2 saturated heterocycles. The molecule has 0 spiro atoms. The fraction of sp³-hybridized carbons (Fsp3) is 0.524. The first-order valence-electron chi connectivity index (χ1n) is 10.8. The Bertz CT molecular complexity index is 900. The van der Waals surface area contributed by atoms with Crippen molar-refractivity contribution in [1.29, 1.82) is 0 Å². The summed E-state index contributed by atoms with van der Waals surface area (Å²) in [5.74, 6) is -1.33. The number of benzene rings is 1. The maximum absolute atomic E-state index is 15.2. The van der Waals surface area contributed by atoms with Crippen LogP contribution in [0.1, 0.15) is 12.8 Å². The van der Waals surface area contributed by atoms with Crippen LogP contribution in [0.2, 0.25) is 0 Å². The topological polar surface area (TPSA) is 119 Å². The minimum absolute atomic E-state index is 0.179. The predicted molar refractivity (Wildman–Crippen MR) is 122 cm³/mol. The number of rotatable bonds is 6. The second-order valence-corrected chi connectivity index (χ2v) is 9.23. The van der Waals surface area contributed by atoms with Crippen LogP contribution < -0.4 is 21.3 Å². The third-order valence-electron chi connectivity index (χ3n) is 6.14. The lowest BCUT2D eigenvalue weighted by Crippen LogP contribution is -2.51. The van der Waals surface area contributed by atoms with Crippen LogP contribution in [-0.2, 0) is 9.59 Å². The summed E-state index contributed by atoms with van der Waals surface area (Å²) in [5.41, 5.74) is 12.1. The van der Waals surface area contributed by atoms with Gasteiger partial charge in [-0.15, -0.1) is 0 Å². The number of carbonyl (C=O) groups excluding carboxylic acids is 2. The molecule has 0 radical (unpaired) electrons. The van der Waals surface area contributed by atoms with Crippen molar-refractivity contribution >= 4 is 35.0 Å². The Balaban J connectivity index is 1.63. The van der Waals surface area contributed by atoms with Gasteiger partial charge in [-0.05, 0) is 25.0 Å². The van der Waals surface area contributed by atoms with Gasteiger partial charge in [-0.1, -0.05) is 17.8 Å². The molecule has 1 atom stereocenters. The molecular weight excluding hydrogens is 435 g/mol. The van der Waals surface area contributed by atoms with Crippen LogP contribution in [0.25, 0.3) is 0 Å². The molecule has 0 aliphatic carbocycles. The highest BCUT2D eigenvalue weighted by molar-refractivity contribution is 8.03. The number of para-hydroxylation sites is 1. The number of hydrogen-bond acceptors (Lipinski definition) is 8. The van der Waals surface area contributed by atoms with Crippen molar-refractivity contribution < 1.29 is 19.1 Å². The molecule has 1 aromatic carbocycles. The number of nitrogens with zero attached hydrogens (tertiary/aromatic N) is 4. The fourth-order valence-electron chi connectivity index (χ4n) is 4.50. The number of nitrogens with two attached hydrogens (primary N) is 2. The van der Waals surface area contributed by atoms with Gasteiger partial charge in [-0.2, -0.15) is 0 Å². The molecule has 5 N–H and O–H groups in total. The molecule has 0 saturated carbocycles. The van der Waals surface area contributed by atoms with E-state index in [2.05, 4.69) is 4.90 Å². The van der Waals surface area contributed by atoms with Gasteiger partial charge in [-0.3, -0.25) is 19.4 Å². The molecule has 0 aromatic heterocycles. The summed E-state index contributed by atoms with van der Waals surface area (Å²) in [5, 5.41) is 11.6. The summed E-state index contributed by atoms with van der Waals surface area (Å²) >= 11 is 1.46. The van der Waals surface area contributed by atoms with Gasteiger partial charge >= 0.3 is 0 Å². The Morgan fingerprint density at radius 2 is 1.78 bits per heavy atom. The lowest BCUT2D eigenvalue weighted by Gasteiger charge is -2.42. The van der Waals surface area contributed by atoms with E-state index in [1.165, 1.54) is 17.8 Å².